The van der Waals surface area contributed by atoms with Gasteiger partial charge in [-0.05, 0) is 31.9 Å². The van der Waals surface area contributed by atoms with Crippen LogP contribution in [0.25, 0.3) is 11.3 Å². The summed E-state index contributed by atoms with van der Waals surface area (Å²) in [5.74, 6) is -0.231. The number of carboxylic acids is 1. The van der Waals surface area contributed by atoms with Gasteiger partial charge in [0, 0.05) is 12.0 Å². The number of rotatable bonds is 4. The van der Waals surface area contributed by atoms with E-state index in [0.29, 0.717) is 23.8 Å². The fraction of sp³-hybridized carbons (Fsp3) is 0.375. The number of aromatic nitrogens is 1. The fourth-order valence-corrected chi connectivity index (χ4v) is 2.36. The average Bonchev–Trinajstić information content (AvgIpc) is 2.70. The van der Waals surface area contributed by atoms with E-state index in [4.69, 9.17) is 4.52 Å². The molecule has 0 fully saturated rings. The second kappa shape index (κ2) is 5.49. The fourth-order valence-electron chi connectivity index (χ4n) is 2.36. The van der Waals surface area contributed by atoms with Gasteiger partial charge in [-0.25, -0.2) is 4.79 Å². The molecule has 20 heavy (non-hydrogen) atoms. The number of benzene rings is 1. The highest BCUT2D eigenvalue weighted by Crippen LogP contribution is 2.28. The number of carboxylic acid groups (broad SMARTS) is 1. The molecule has 1 heterocycles. The largest absolute Gasteiger partial charge is 0.477 e. The van der Waals surface area contributed by atoms with Crippen molar-refractivity contribution < 1.29 is 14.4 Å². The van der Waals surface area contributed by atoms with Crippen LogP contribution in [0.4, 0.5) is 0 Å². The summed E-state index contributed by atoms with van der Waals surface area (Å²) in [5.41, 5.74) is 3.54. The highest BCUT2D eigenvalue weighted by atomic mass is 16.5. The Kier molecular flexibility index (Phi) is 3.93. The van der Waals surface area contributed by atoms with Gasteiger partial charge in [0.2, 0.25) is 0 Å². The highest BCUT2D eigenvalue weighted by Gasteiger charge is 2.24. The molecule has 4 heteroatoms. The second-order valence-corrected chi connectivity index (χ2v) is 5.61. The Hall–Kier alpha value is -2.10. The van der Waals surface area contributed by atoms with Crippen LogP contribution in [0.2, 0.25) is 0 Å². The molecule has 1 aromatic heterocycles. The first-order valence-electron chi connectivity index (χ1n) is 6.69. The summed E-state index contributed by atoms with van der Waals surface area (Å²) >= 11 is 0. The van der Waals surface area contributed by atoms with Crippen LogP contribution >= 0.6 is 0 Å². The maximum absolute atomic E-state index is 11.5. The molecule has 1 aromatic carbocycles. The molecule has 0 aliphatic heterocycles. The summed E-state index contributed by atoms with van der Waals surface area (Å²) in [4.78, 5) is 11.5. The standard InChI is InChI=1S/C16H19NO3/c1-9(2)5-13-14(16(18)19)15(17-20-13)12-7-10(3)6-11(4)8-12/h6-9H,5H2,1-4H3,(H,18,19). The van der Waals surface area contributed by atoms with E-state index in [1.165, 1.54) is 0 Å². The Bertz CT molecular complexity index is 621. The summed E-state index contributed by atoms with van der Waals surface area (Å²) in [6.45, 7) is 7.99. The molecule has 2 rings (SSSR count). The number of hydrogen-bond donors (Lipinski definition) is 1. The van der Waals surface area contributed by atoms with Gasteiger partial charge in [0.05, 0.1) is 0 Å². The predicted molar refractivity (Wildman–Crippen MR) is 76.9 cm³/mol. The van der Waals surface area contributed by atoms with Gasteiger partial charge in [-0.1, -0.05) is 36.2 Å². The van der Waals surface area contributed by atoms with Crippen molar-refractivity contribution in [3.63, 3.8) is 0 Å². The number of hydrogen-bond acceptors (Lipinski definition) is 3. The summed E-state index contributed by atoms with van der Waals surface area (Å²) in [5, 5.41) is 13.4. The van der Waals surface area contributed by atoms with Crippen LogP contribution in [-0.2, 0) is 6.42 Å². The first-order chi connectivity index (χ1) is 9.38. The van der Waals surface area contributed by atoms with Crippen LogP contribution in [0.15, 0.2) is 22.7 Å². The quantitative estimate of drug-likeness (QED) is 0.918. The molecule has 0 aliphatic carbocycles. The predicted octanol–water partition coefficient (Wildman–Crippen LogP) is 3.86. The zero-order valence-corrected chi connectivity index (χ0v) is 12.2. The third kappa shape index (κ3) is 2.90. The van der Waals surface area contributed by atoms with Crippen LogP contribution in [0, 0.1) is 19.8 Å². The molecule has 0 saturated carbocycles. The molecule has 106 valence electrons. The molecule has 0 spiro atoms. The maximum Gasteiger partial charge on any atom is 0.341 e. The molecular weight excluding hydrogens is 254 g/mol. The smallest absolute Gasteiger partial charge is 0.341 e. The van der Waals surface area contributed by atoms with Gasteiger partial charge in [-0.15, -0.1) is 0 Å². The molecule has 0 aliphatic rings. The molecule has 0 atom stereocenters. The van der Waals surface area contributed by atoms with Crippen molar-refractivity contribution >= 4 is 5.97 Å². The van der Waals surface area contributed by atoms with Gasteiger partial charge in [0.25, 0.3) is 0 Å². The van der Waals surface area contributed by atoms with E-state index < -0.39 is 5.97 Å². The van der Waals surface area contributed by atoms with Crippen LogP contribution in [-0.4, -0.2) is 16.2 Å². The minimum absolute atomic E-state index is 0.184. The zero-order valence-electron chi connectivity index (χ0n) is 12.2. The van der Waals surface area contributed by atoms with Gasteiger partial charge < -0.3 is 9.63 Å². The van der Waals surface area contributed by atoms with Crippen molar-refractivity contribution in [1.82, 2.24) is 5.16 Å². The van der Waals surface area contributed by atoms with Crippen molar-refractivity contribution in [1.29, 1.82) is 0 Å². The van der Waals surface area contributed by atoms with Crippen LogP contribution in [0.3, 0.4) is 0 Å². The van der Waals surface area contributed by atoms with Crippen LogP contribution < -0.4 is 0 Å². The van der Waals surface area contributed by atoms with Crippen LogP contribution in [0.1, 0.15) is 41.1 Å². The third-order valence-corrected chi connectivity index (χ3v) is 3.07. The SMILES string of the molecule is Cc1cc(C)cc(-c2noc(CC(C)C)c2C(=O)O)c1. The molecule has 0 bridgehead atoms. The summed E-state index contributed by atoms with van der Waals surface area (Å²) < 4.78 is 5.27. The van der Waals surface area contributed by atoms with E-state index in [-0.39, 0.29) is 5.56 Å². The third-order valence-electron chi connectivity index (χ3n) is 3.07. The van der Waals surface area contributed by atoms with Crippen LogP contribution in [0.5, 0.6) is 0 Å². The van der Waals surface area contributed by atoms with E-state index in [2.05, 4.69) is 5.16 Å². The molecule has 0 radical (unpaired) electrons. The lowest BCUT2D eigenvalue weighted by atomic mass is 9.99. The Balaban J connectivity index is 2.56. The van der Waals surface area contributed by atoms with Crippen molar-refractivity contribution in [2.45, 2.75) is 34.1 Å². The highest BCUT2D eigenvalue weighted by molar-refractivity contribution is 5.95. The van der Waals surface area contributed by atoms with E-state index in [0.717, 1.165) is 16.7 Å². The van der Waals surface area contributed by atoms with Crippen molar-refractivity contribution in [2.24, 2.45) is 5.92 Å². The monoisotopic (exact) mass is 273 g/mol. The minimum Gasteiger partial charge on any atom is -0.477 e. The Morgan fingerprint density at radius 2 is 1.85 bits per heavy atom. The average molecular weight is 273 g/mol. The molecule has 0 amide bonds. The molecule has 0 unspecified atom stereocenters. The molecular formula is C16H19NO3. The molecule has 0 saturated heterocycles. The van der Waals surface area contributed by atoms with Crippen molar-refractivity contribution in [2.75, 3.05) is 0 Å². The first-order valence-corrected chi connectivity index (χ1v) is 6.69. The minimum atomic E-state index is -0.990. The molecule has 1 N–H and O–H groups in total. The molecule has 4 nitrogen and oxygen atoms in total. The maximum atomic E-state index is 11.5. The Morgan fingerprint density at radius 3 is 2.35 bits per heavy atom. The lowest BCUT2D eigenvalue weighted by Crippen LogP contribution is -2.04. The van der Waals surface area contributed by atoms with Gasteiger partial charge in [-0.2, -0.15) is 0 Å². The number of nitrogens with zero attached hydrogens (tertiary/aromatic N) is 1. The van der Waals surface area contributed by atoms with Gasteiger partial charge >= 0.3 is 5.97 Å². The number of carbonyl (C=O) groups is 1. The van der Waals surface area contributed by atoms with Gasteiger partial charge in [0.1, 0.15) is 11.3 Å². The Morgan fingerprint density at radius 1 is 1.25 bits per heavy atom. The van der Waals surface area contributed by atoms with Crippen molar-refractivity contribution in [3.05, 3.63) is 40.6 Å². The summed E-state index contributed by atoms with van der Waals surface area (Å²) in [6, 6.07) is 5.89. The lowest BCUT2D eigenvalue weighted by Gasteiger charge is -2.04. The van der Waals surface area contributed by atoms with Gasteiger partial charge in [-0.3, -0.25) is 0 Å². The number of aromatic carboxylic acids is 1. The zero-order chi connectivity index (χ0) is 14.9. The first kappa shape index (κ1) is 14.3. The normalized spacial score (nSPS) is 11.1. The number of aryl methyl sites for hydroxylation is 2. The Labute approximate surface area is 118 Å². The van der Waals surface area contributed by atoms with E-state index in [9.17, 15) is 9.90 Å². The second-order valence-electron chi connectivity index (χ2n) is 5.61. The van der Waals surface area contributed by atoms with E-state index >= 15 is 0 Å². The summed E-state index contributed by atoms with van der Waals surface area (Å²) in [7, 11) is 0. The summed E-state index contributed by atoms with van der Waals surface area (Å²) in [6.07, 6.45) is 0.569. The van der Waals surface area contributed by atoms with Gasteiger partial charge in [0.15, 0.2) is 5.76 Å². The molecule has 2 aromatic rings. The van der Waals surface area contributed by atoms with E-state index in [1.807, 2.05) is 45.9 Å². The van der Waals surface area contributed by atoms with Crippen molar-refractivity contribution in [3.8, 4) is 11.3 Å². The topological polar surface area (TPSA) is 63.3 Å². The van der Waals surface area contributed by atoms with E-state index in [1.54, 1.807) is 0 Å². The lowest BCUT2D eigenvalue weighted by molar-refractivity contribution is 0.0695.